The lowest BCUT2D eigenvalue weighted by Crippen LogP contribution is -2.18. The standard InChI is InChI=1S/C6H4F3N5O.C2H4O2/c7-6(8,9)3-1-2(15)4-11-12-5(10)14(4)13-3;1-2(3)4/h1,13H,(H2,10,12);1H3,(H,3,4). The minimum absolute atomic E-state index is 0.277. The maximum Gasteiger partial charge on any atom is 0.432 e. The molecule has 0 fully saturated rings. The number of aromatic amines is 1. The number of carboxylic acid groups (broad SMARTS) is 1. The van der Waals surface area contributed by atoms with Gasteiger partial charge in [0.15, 0.2) is 0 Å². The summed E-state index contributed by atoms with van der Waals surface area (Å²) in [4.78, 5) is 20.2. The Hall–Kier alpha value is -2.59. The number of aromatic nitrogens is 4. The molecule has 0 bridgehead atoms. The highest BCUT2D eigenvalue weighted by molar-refractivity contribution is 5.62. The second-order valence-corrected chi connectivity index (χ2v) is 3.27. The zero-order valence-electron chi connectivity index (χ0n) is 9.39. The molecule has 2 rings (SSSR count). The van der Waals surface area contributed by atoms with Gasteiger partial charge in [-0.2, -0.15) is 17.7 Å². The number of fused-ring (bicyclic) bond motifs is 1. The van der Waals surface area contributed by atoms with Crippen LogP contribution < -0.4 is 11.2 Å². The Morgan fingerprint density at radius 3 is 2.47 bits per heavy atom. The van der Waals surface area contributed by atoms with Gasteiger partial charge in [-0.3, -0.25) is 14.7 Å². The van der Waals surface area contributed by atoms with Crippen molar-refractivity contribution in [1.82, 2.24) is 19.8 Å². The summed E-state index contributed by atoms with van der Waals surface area (Å²) in [5, 5.41) is 15.9. The van der Waals surface area contributed by atoms with Gasteiger partial charge < -0.3 is 10.8 Å². The van der Waals surface area contributed by atoms with Crippen LogP contribution in [0.5, 0.6) is 0 Å². The van der Waals surface area contributed by atoms with Crippen molar-refractivity contribution in [3.63, 3.8) is 0 Å². The lowest BCUT2D eigenvalue weighted by Gasteiger charge is -2.06. The third kappa shape index (κ3) is 3.43. The van der Waals surface area contributed by atoms with E-state index in [-0.39, 0.29) is 11.6 Å². The number of anilines is 1. The average Bonchev–Trinajstić information content (AvgIpc) is 2.59. The molecule has 0 aliphatic heterocycles. The van der Waals surface area contributed by atoms with Gasteiger partial charge in [-0.05, 0) is 0 Å². The highest BCUT2D eigenvalue weighted by atomic mass is 19.4. The molecule has 0 saturated carbocycles. The summed E-state index contributed by atoms with van der Waals surface area (Å²) in [6.45, 7) is 1.08. The fourth-order valence-electron chi connectivity index (χ4n) is 1.06. The number of nitrogens with one attached hydrogen (secondary N) is 1. The summed E-state index contributed by atoms with van der Waals surface area (Å²) in [5.41, 5.74) is 2.83. The number of nitrogens with zero attached hydrogens (tertiary/aromatic N) is 3. The predicted octanol–water partition coefficient (Wildman–Crippen LogP) is 0.109. The van der Waals surface area contributed by atoms with Gasteiger partial charge in [0.05, 0.1) is 0 Å². The second kappa shape index (κ2) is 4.96. The summed E-state index contributed by atoms with van der Waals surface area (Å²) in [6.07, 6.45) is -4.65. The number of carboxylic acids is 1. The van der Waals surface area contributed by atoms with E-state index in [9.17, 15) is 18.0 Å². The third-order valence-corrected chi connectivity index (χ3v) is 1.72. The summed E-state index contributed by atoms with van der Waals surface area (Å²) < 4.78 is 37.5. The van der Waals surface area contributed by atoms with Crippen LogP contribution in [-0.4, -0.2) is 30.9 Å². The quantitative estimate of drug-likeness (QED) is 0.628. The monoisotopic (exact) mass is 279 g/mol. The maximum absolute atomic E-state index is 12.3. The molecular weight excluding hydrogens is 271 g/mol. The van der Waals surface area contributed by atoms with E-state index < -0.39 is 23.3 Å². The zero-order chi connectivity index (χ0) is 14.8. The van der Waals surface area contributed by atoms with Crippen LogP contribution in [0.15, 0.2) is 10.9 Å². The smallest absolute Gasteiger partial charge is 0.432 e. The van der Waals surface area contributed by atoms with Crippen molar-refractivity contribution >= 4 is 17.6 Å². The summed E-state index contributed by atoms with van der Waals surface area (Å²) in [5.74, 6) is -1.15. The largest absolute Gasteiger partial charge is 0.481 e. The van der Waals surface area contributed by atoms with Crippen molar-refractivity contribution in [3.8, 4) is 0 Å². The molecule has 19 heavy (non-hydrogen) atoms. The topological polar surface area (TPSA) is 126 Å². The first-order valence-electron chi connectivity index (χ1n) is 4.63. The minimum Gasteiger partial charge on any atom is -0.481 e. The van der Waals surface area contributed by atoms with Crippen molar-refractivity contribution in [1.29, 1.82) is 0 Å². The molecule has 0 unspecified atom stereocenters. The van der Waals surface area contributed by atoms with Gasteiger partial charge in [-0.25, -0.2) is 0 Å². The van der Waals surface area contributed by atoms with Crippen LogP contribution in [0, 0.1) is 0 Å². The van der Waals surface area contributed by atoms with E-state index >= 15 is 0 Å². The number of halogens is 3. The molecule has 2 aromatic heterocycles. The first-order chi connectivity index (χ1) is 8.62. The van der Waals surface area contributed by atoms with Gasteiger partial charge in [0.25, 0.3) is 5.97 Å². The van der Waals surface area contributed by atoms with Crippen molar-refractivity contribution in [2.45, 2.75) is 13.1 Å². The SMILES string of the molecule is CC(=O)O.Nc1nnc2c(=O)cc(C(F)(F)F)[nH]n12. The predicted molar refractivity (Wildman–Crippen MR) is 56.3 cm³/mol. The van der Waals surface area contributed by atoms with Crippen molar-refractivity contribution in [3.05, 3.63) is 22.0 Å². The maximum atomic E-state index is 12.3. The molecule has 0 aliphatic rings. The molecular formula is C8H8F3N5O3. The highest BCUT2D eigenvalue weighted by Gasteiger charge is 2.33. The van der Waals surface area contributed by atoms with Crippen LogP contribution in [0.2, 0.25) is 0 Å². The number of hydrogen-bond donors (Lipinski definition) is 3. The normalized spacial score (nSPS) is 10.9. The van der Waals surface area contributed by atoms with Crippen molar-refractivity contribution in [2.75, 3.05) is 5.73 Å². The van der Waals surface area contributed by atoms with E-state index in [1.54, 1.807) is 0 Å². The number of H-pyrrole nitrogens is 1. The number of alkyl halides is 3. The summed E-state index contributed by atoms with van der Waals surface area (Å²) in [6, 6.07) is 0.406. The van der Waals surface area contributed by atoms with Gasteiger partial charge in [-0.15, -0.1) is 10.2 Å². The van der Waals surface area contributed by atoms with Crippen molar-refractivity contribution in [2.24, 2.45) is 0 Å². The molecule has 0 aliphatic carbocycles. The zero-order valence-corrected chi connectivity index (χ0v) is 9.39. The number of nitrogens with two attached hydrogens (primary N) is 1. The number of aliphatic carboxylic acids is 1. The fraction of sp³-hybridized carbons (Fsp3) is 0.250. The molecule has 0 radical (unpaired) electrons. The number of carbonyl (C=O) groups is 1. The van der Waals surface area contributed by atoms with Crippen LogP contribution in [-0.2, 0) is 11.0 Å². The highest BCUT2D eigenvalue weighted by Crippen LogP contribution is 2.26. The number of hydrogen-bond acceptors (Lipinski definition) is 5. The molecule has 4 N–H and O–H groups in total. The van der Waals surface area contributed by atoms with E-state index in [0.29, 0.717) is 10.6 Å². The molecule has 0 aromatic carbocycles. The van der Waals surface area contributed by atoms with Crippen LogP contribution in [0.3, 0.4) is 0 Å². The van der Waals surface area contributed by atoms with E-state index in [0.717, 1.165) is 6.92 Å². The summed E-state index contributed by atoms with van der Waals surface area (Å²) in [7, 11) is 0. The molecule has 0 spiro atoms. The fourth-order valence-corrected chi connectivity index (χ4v) is 1.06. The van der Waals surface area contributed by atoms with E-state index in [1.807, 2.05) is 5.10 Å². The van der Waals surface area contributed by atoms with Crippen LogP contribution in [0.1, 0.15) is 12.6 Å². The lowest BCUT2D eigenvalue weighted by molar-refractivity contribution is -0.142. The Morgan fingerprint density at radius 1 is 1.47 bits per heavy atom. The van der Waals surface area contributed by atoms with Gasteiger partial charge in [0, 0.05) is 13.0 Å². The number of rotatable bonds is 0. The van der Waals surface area contributed by atoms with E-state index in [2.05, 4.69) is 10.2 Å². The van der Waals surface area contributed by atoms with Gasteiger partial charge in [0.2, 0.25) is 17.0 Å². The average molecular weight is 279 g/mol. The lowest BCUT2D eigenvalue weighted by atomic mass is 10.4. The first kappa shape index (κ1) is 14.5. The first-order valence-corrected chi connectivity index (χ1v) is 4.63. The Bertz CT molecular complexity index is 656. The van der Waals surface area contributed by atoms with E-state index in [1.165, 1.54) is 0 Å². The Balaban J connectivity index is 0.000000399. The molecule has 0 atom stereocenters. The molecule has 104 valence electrons. The van der Waals surface area contributed by atoms with Crippen molar-refractivity contribution < 1.29 is 23.1 Å². The van der Waals surface area contributed by atoms with Gasteiger partial charge in [0.1, 0.15) is 5.69 Å². The van der Waals surface area contributed by atoms with Gasteiger partial charge in [-0.1, -0.05) is 0 Å². The third-order valence-electron chi connectivity index (χ3n) is 1.72. The van der Waals surface area contributed by atoms with Crippen LogP contribution >= 0.6 is 0 Å². The van der Waals surface area contributed by atoms with Gasteiger partial charge >= 0.3 is 6.18 Å². The minimum atomic E-state index is -4.65. The molecule has 2 heterocycles. The Kier molecular flexibility index (Phi) is 3.77. The Labute approximate surface area is 102 Å². The summed E-state index contributed by atoms with van der Waals surface area (Å²) >= 11 is 0. The molecule has 2 aromatic rings. The molecule has 8 nitrogen and oxygen atoms in total. The molecule has 11 heteroatoms. The van der Waals surface area contributed by atoms with E-state index in [4.69, 9.17) is 15.6 Å². The molecule has 0 amide bonds. The van der Waals surface area contributed by atoms with Crippen LogP contribution in [0.4, 0.5) is 19.1 Å². The van der Waals surface area contributed by atoms with Crippen LogP contribution in [0.25, 0.3) is 5.65 Å². The molecule has 0 saturated heterocycles. The number of nitrogen functional groups attached to an aromatic ring is 1. The Morgan fingerprint density at radius 2 is 2.00 bits per heavy atom. The second-order valence-electron chi connectivity index (χ2n) is 3.27.